The van der Waals surface area contributed by atoms with Crippen LogP contribution in [0.4, 0.5) is 5.69 Å². The van der Waals surface area contributed by atoms with Gasteiger partial charge in [-0.3, -0.25) is 9.69 Å². The summed E-state index contributed by atoms with van der Waals surface area (Å²) in [6.45, 7) is 9.79. The predicted molar refractivity (Wildman–Crippen MR) is 83.1 cm³/mol. The number of nitrogens with zero attached hydrogens (tertiary/aromatic N) is 1. The highest BCUT2D eigenvalue weighted by Gasteiger charge is 2.20. The van der Waals surface area contributed by atoms with Gasteiger partial charge in [-0.2, -0.15) is 0 Å². The van der Waals surface area contributed by atoms with E-state index in [4.69, 9.17) is 0 Å². The Morgan fingerprint density at radius 2 is 2.10 bits per heavy atom. The third-order valence-electron chi connectivity index (χ3n) is 3.85. The number of carbonyl (C=O) groups is 1. The minimum Gasteiger partial charge on any atom is -0.325 e. The lowest BCUT2D eigenvalue weighted by molar-refractivity contribution is -0.118. The van der Waals surface area contributed by atoms with Gasteiger partial charge in [-0.05, 0) is 30.5 Å². The number of nitrogens with one attached hydrogen (secondary N) is 2. The van der Waals surface area contributed by atoms with Gasteiger partial charge in [0.1, 0.15) is 0 Å². The van der Waals surface area contributed by atoms with Crippen LogP contribution < -0.4 is 10.6 Å². The molecule has 1 fully saturated rings. The Kier molecular flexibility index (Phi) is 5.15. The van der Waals surface area contributed by atoms with Crippen molar-refractivity contribution in [2.75, 3.05) is 31.5 Å². The van der Waals surface area contributed by atoms with E-state index in [1.807, 2.05) is 12.1 Å². The van der Waals surface area contributed by atoms with Crippen molar-refractivity contribution in [2.24, 2.45) is 0 Å². The number of hydrogen-bond acceptors (Lipinski definition) is 3. The van der Waals surface area contributed by atoms with Gasteiger partial charge in [0, 0.05) is 31.4 Å². The third kappa shape index (κ3) is 4.05. The number of rotatable bonds is 4. The smallest absolute Gasteiger partial charge is 0.238 e. The average molecular weight is 275 g/mol. The molecule has 1 aliphatic rings. The first-order valence-corrected chi connectivity index (χ1v) is 7.41. The first-order chi connectivity index (χ1) is 9.56. The van der Waals surface area contributed by atoms with Crippen molar-refractivity contribution in [1.29, 1.82) is 0 Å². The molecular formula is C16H25N3O. The van der Waals surface area contributed by atoms with Gasteiger partial charge in [0.2, 0.25) is 5.91 Å². The topological polar surface area (TPSA) is 44.4 Å². The van der Waals surface area contributed by atoms with Crippen LogP contribution in [0, 0.1) is 0 Å². The van der Waals surface area contributed by atoms with E-state index in [0.717, 1.165) is 25.3 Å². The number of hydrogen-bond donors (Lipinski definition) is 2. The molecular weight excluding hydrogens is 250 g/mol. The molecule has 1 aromatic rings. The van der Waals surface area contributed by atoms with E-state index in [1.165, 1.54) is 5.56 Å². The molecule has 1 heterocycles. The highest BCUT2D eigenvalue weighted by atomic mass is 16.2. The minimum atomic E-state index is 0.0658. The molecule has 2 N–H and O–H groups in total. The molecule has 110 valence electrons. The highest BCUT2D eigenvalue weighted by molar-refractivity contribution is 5.92. The first-order valence-electron chi connectivity index (χ1n) is 7.41. The van der Waals surface area contributed by atoms with Crippen molar-refractivity contribution in [3.63, 3.8) is 0 Å². The van der Waals surface area contributed by atoms with Gasteiger partial charge in [-0.1, -0.05) is 26.0 Å². The number of anilines is 1. The summed E-state index contributed by atoms with van der Waals surface area (Å²) < 4.78 is 0. The molecule has 0 radical (unpaired) electrons. The van der Waals surface area contributed by atoms with Crippen LogP contribution in [0.2, 0.25) is 0 Å². The van der Waals surface area contributed by atoms with Crippen LogP contribution in [0.15, 0.2) is 24.3 Å². The van der Waals surface area contributed by atoms with E-state index >= 15 is 0 Å². The average Bonchev–Trinajstić information content (AvgIpc) is 2.42. The van der Waals surface area contributed by atoms with Crippen LogP contribution in [-0.2, 0) is 4.79 Å². The fraction of sp³-hybridized carbons (Fsp3) is 0.562. The second kappa shape index (κ2) is 6.86. The Morgan fingerprint density at radius 1 is 1.40 bits per heavy atom. The summed E-state index contributed by atoms with van der Waals surface area (Å²) in [5, 5.41) is 6.31. The fourth-order valence-corrected chi connectivity index (χ4v) is 2.45. The van der Waals surface area contributed by atoms with Gasteiger partial charge >= 0.3 is 0 Å². The number of carbonyl (C=O) groups excluding carboxylic acids is 1. The zero-order valence-corrected chi connectivity index (χ0v) is 12.6. The number of piperazine rings is 1. The Hall–Kier alpha value is -1.39. The molecule has 1 aromatic carbocycles. The van der Waals surface area contributed by atoms with Crippen molar-refractivity contribution in [2.45, 2.75) is 32.7 Å². The van der Waals surface area contributed by atoms with Gasteiger partial charge < -0.3 is 10.6 Å². The largest absolute Gasteiger partial charge is 0.325 e. The van der Waals surface area contributed by atoms with Crippen molar-refractivity contribution < 1.29 is 4.79 Å². The maximum Gasteiger partial charge on any atom is 0.238 e. The van der Waals surface area contributed by atoms with Crippen LogP contribution >= 0.6 is 0 Å². The van der Waals surface area contributed by atoms with Crippen molar-refractivity contribution >= 4 is 11.6 Å². The predicted octanol–water partition coefficient (Wildman–Crippen LogP) is 2.04. The Morgan fingerprint density at radius 3 is 2.70 bits per heavy atom. The lowest BCUT2D eigenvalue weighted by Crippen LogP contribution is -2.51. The molecule has 20 heavy (non-hydrogen) atoms. The lowest BCUT2D eigenvalue weighted by Gasteiger charge is -2.33. The quantitative estimate of drug-likeness (QED) is 0.884. The molecule has 4 nitrogen and oxygen atoms in total. The summed E-state index contributed by atoms with van der Waals surface area (Å²) in [5.41, 5.74) is 2.17. The molecule has 1 saturated heterocycles. The molecule has 0 saturated carbocycles. The molecule has 2 rings (SSSR count). The number of benzene rings is 1. The van der Waals surface area contributed by atoms with Crippen molar-refractivity contribution in [1.82, 2.24) is 10.2 Å². The van der Waals surface area contributed by atoms with Crippen LogP contribution in [-0.4, -0.2) is 43.0 Å². The van der Waals surface area contributed by atoms with Gasteiger partial charge in [0.25, 0.3) is 0 Å². The van der Waals surface area contributed by atoms with Crippen LogP contribution in [0.5, 0.6) is 0 Å². The molecule has 1 amide bonds. The monoisotopic (exact) mass is 275 g/mol. The Bertz CT molecular complexity index is 442. The van der Waals surface area contributed by atoms with Crippen LogP contribution in [0.25, 0.3) is 0 Å². The maximum absolute atomic E-state index is 12.1. The zero-order chi connectivity index (χ0) is 14.5. The molecule has 0 aromatic heterocycles. The normalized spacial score (nSPS) is 20.1. The van der Waals surface area contributed by atoms with Crippen molar-refractivity contribution in [3.8, 4) is 0 Å². The molecule has 0 spiro atoms. The van der Waals surface area contributed by atoms with Gasteiger partial charge in [0.15, 0.2) is 0 Å². The second-order valence-corrected chi connectivity index (χ2v) is 5.85. The summed E-state index contributed by atoms with van der Waals surface area (Å²) in [7, 11) is 0. The fourth-order valence-electron chi connectivity index (χ4n) is 2.45. The van der Waals surface area contributed by atoms with Crippen LogP contribution in [0.1, 0.15) is 32.3 Å². The first kappa shape index (κ1) is 15.0. The van der Waals surface area contributed by atoms with E-state index in [-0.39, 0.29) is 5.91 Å². The standard InChI is InChI=1S/C16H25N3O/c1-12(2)14-4-6-15(7-5-14)18-16(20)11-19-9-8-17-10-13(19)3/h4-7,12-13,17H,8-11H2,1-3H3,(H,18,20)/t13-/m1/s1. The molecule has 0 bridgehead atoms. The zero-order valence-electron chi connectivity index (χ0n) is 12.6. The molecule has 1 aliphatic heterocycles. The van der Waals surface area contributed by atoms with E-state index in [1.54, 1.807) is 0 Å². The minimum absolute atomic E-state index is 0.0658. The number of amides is 1. The Balaban J connectivity index is 1.87. The van der Waals surface area contributed by atoms with Gasteiger partial charge in [-0.25, -0.2) is 0 Å². The SMILES string of the molecule is CC(C)c1ccc(NC(=O)CN2CCNC[C@H]2C)cc1. The highest BCUT2D eigenvalue weighted by Crippen LogP contribution is 2.17. The molecule has 1 atom stereocenters. The van der Waals surface area contributed by atoms with Crippen LogP contribution in [0.3, 0.4) is 0 Å². The molecule has 0 aliphatic carbocycles. The summed E-state index contributed by atoms with van der Waals surface area (Å²) in [6, 6.07) is 8.53. The summed E-state index contributed by atoms with van der Waals surface area (Å²) in [5.74, 6) is 0.581. The van der Waals surface area contributed by atoms with E-state index in [0.29, 0.717) is 18.5 Å². The van der Waals surface area contributed by atoms with E-state index in [2.05, 4.69) is 48.4 Å². The summed E-state index contributed by atoms with van der Waals surface area (Å²) >= 11 is 0. The second-order valence-electron chi connectivity index (χ2n) is 5.85. The molecule has 4 heteroatoms. The lowest BCUT2D eigenvalue weighted by atomic mass is 10.0. The third-order valence-corrected chi connectivity index (χ3v) is 3.85. The van der Waals surface area contributed by atoms with Gasteiger partial charge in [0.05, 0.1) is 6.54 Å². The van der Waals surface area contributed by atoms with E-state index < -0.39 is 0 Å². The van der Waals surface area contributed by atoms with Crippen molar-refractivity contribution in [3.05, 3.63) is 29.8 Å². The maximum atomic E-state index is 12.1. The summed E-state index contributed by atoms with van der Waals surface area (Å²) in [4.78, 5) is 14.3. The molecule has 0 unspecified atom stereocenters. The summed E-state index contributed by atoms with van der Waals surface area (Å²) in [6.07, 6.45) is 0. The van der Waals surface area contributed by atoms with Gasteiger partial charge in [-0.15, -0.1) is 0 Å². The van der Waals surface area contributed by atoms with E-state index in [9.17, 15) is 4.79 Å². The Labute approximate surface area is 121 Å².